The van der Waals surface area contributed by atoms with Crippen molar-refractivity contribution < 1.29 is 47.2 Å². The highest BCUT2D eigenvalue weighted by atomic mass is 32.5. The molecule has 0 N–H and O–H groups in total. The summed E-state index contributed by atoms with van der Waals surface area (Å²) in [7, 11) is -10.1. The molecule has 1 aromatic carbocycles. The molecule has 0 fully saturated rings. The molecule has 25 heavy (non-hydrogen) atoms. The van der Waals surface area contributed by atoms with Crippen LogP contribution in [0.25, 0.3) is 6.08 Å². The molecular weight excluding hydrogens is 388 g/mol. The smallest absolute Gasteiger partial charge is 0.429 e. The average Bonchev–Trinajstić information content (AvgIpc) is 2.40. The van der Waals surface area contributed by atoms with Gasteiger partial charge in [0.1, 0.15) is 10.6 Å². The summed E-state index contributed by atoms with van der Waals surface area (Å²) in [5.74, 6) is -3.08. The van der Waals surface area contributed by atoms with Crippen molar-refractivity contribution >= 4 is 22.3 Å². The van der Waals surface area contributed by atoms with E-state index in [2.05, 4.69) is 4.74 Å². The standard InChI is InChI=1S/C13H10F8O3S/c1-2-6-3-8(25(17,18,19,20)21)4-7-5-9(12(22)23)11(13(14,15)16)24-10(6)7/h3-5,11H,2H2,1H3,(H,22,23)/p-1. The molecule has 12 heteroatoms. The zero-order chi connectivity index (χ0) is 19.5. The topological polar surface area (TPSA) is 49.4 Å². The molecule has 1 atom stereocenters. The number of carboxylic acid groups (broad SMARTS) is 1. The number of ether oxygens (including phenoxy) is 1. The molecule has 0 radical (unpaired) electrons. The first-order valence-corrected chi connectivity index (χ1v) is 8.46. The fraction of sp³-hybridized carbons (Fsp3) is 0.308. The Morgan fingerprint density at radius 3 is 2.16 bits per heavy atom. The van der Waals surface area contributed by atoms with E-state index in [-0.39, 0.29) is 24.6 Å². The van der Waals surface area contributed by atoms with Crippen LogP contribution in [0.4, 0.5) is 32.6 Å². The van der Waals surface area contributed by atoms with E-state index < -0.39 is 55.8 Å². The van der Waals surface area contributed by atoms with Gasteiger partial charge in [-0.2, -0.15) is 13.2 Å². The predicted octanol–water partition coefficient (Wildman–Crippen LogP) is 4.36. The number of fused-ring (bicyclic) bond motifs is 1. The van der Waals surface area contributed by atoms with Crippen molar-refractivity contribution in [2.75, 3.05) is 0 Å². The number of rotatable bonds is 3. The molecule has 142 valence electrons. The number of benzene rings is 1. The lowest BCUT2D eigenvalue weighted by Crippen LogP contribution is -2.44. The zero-order valence-electron chi connectivity index (χ0n) is 12.2. The Bertz CT molecular complexity index is 779. The number of carboxylic acids is 1. The third-order valence-electron chi connectivity index (χ3n) is 3.36. The Kier molecular flexibility index (Phi) is 3.71. The number of aryl methyl sites for hydroxylation is 1. The summed E-state index contributed by atoms with van der Waals surface area (Å²) in [6.07, 6.45) is -8.34. The van der Waals surface area contributed by atoms with E-state index >= 15 is 0 Å². The summed E-state index contributed by atoms with van der Waals surface area (Å²) in [6, 6.07) is -0.128. The van der Waals surface area contributed by atoms with Crippen LogP contribution in [0.2, 0.25) is 0 Å². The number of carbonyl (C=O) groups is 1. The monoisotopic (exact) mass is 397 g/mol. The molecule has 3 nitrogen and oxygen atoms in total. The maximum absolute atomic E-state index is 13.0. The van der Waals surface area contributed by atoms with Gasteiger partial charge in [0.15, 0.2) is 0 Å². The Labute approximate surface area is 135 Å². The van der Waals surface area contributed by atoms with Crippen molar-refractivity contribution in [2.45, 2.75) is 30.5 Å². The number of hydrogen-bond acceptors (Lipinski definition) is 3. The summed E-state index contributed by atoms with van der Waals surface area (Å²) in [5.41, 5.74) is -2.92. The Hall–Kier alpha value is -1.98. The van der Waals surface area contributed by atoms with Crippen molar-refractivity contribution in [1.82, 2.24) is 0 Å². The van der Waals surface area contributed by atoms with E-state index in [0.717, 1.165) is 0 Å². The summed E-state index contributed by atoms with van der Waals surface area (Å²) in [5, 5.41) is 10.9. The average molecular weight is 397 g/mol. The molecule has 1 heterocycles. The molecule has 0 bridgehead atoms. The second-order valence-electron chi connectivity index (χ2n) is 5.25. The Morgan fingerprint density at radius 2 is 1.76 bits per heavy atom. The first-order valence-electron chi connectivity index (χ1n) is 6.51. The van der Waals surface area contributed by atoms with Crippen LogP contribution in [0.5, 0.6) is 5.75 Å². The van der Waals surface area contributed by atoms with Crippen molar-refractivity contribution in [3.8, 4) is 5.75 Å². The third kappa shape index (κ3) is 3.83. The van der Waals surface area contributed by atoms with E-state index in [0.29, 0.717) is 0 Å². The molecule has 1 aliphatic heterocycles. The van der Waals surface area contributed by atoms with Gasteiger partial charge in [0, 0.05) is 11.1 Å². The second kappa shape index (κ2) is 4.80. The van der Waals surface area contributed by atoms with Crippen LogP contribution in [0.3, 0.4) is 0 Å². The summed E-state index contributed by atoms with van der Waals surface area (Å²) in [6.45, 7) is 1.22. The van der Waals surface area contributed by atoms with Gasteiger partial charge in [0.2, 0.25) is 6.10 Å². The highest BCUT2D eigenvalue weighted by Gasteiger charge is 2.65. The van der Waals surface area contributed by atoms with Gasteiger partial charge >= 0.3 is 16.4 Å². The van der Waals surface area contributed by atoms with Crippen molar-refractivity contribution in [3.63, 3.8) is 0 Å². The lowest BCUT2D eigenvalue weighted by atomic mass is 9.98. The Balaban J connectivity index is 2.78. The van der Waals surface area contributed by atoms with Crippen LogP contribution >= 0.6 is 10.2 Å². The highest BCUT2D eigenvalue weighted by Crippen LogP contribution is 3.02. The molecule has 0 aliphatic carbocycles. The lowest BCUT2D eigenvalue weighted by Gasteiger charge is -2.41. The van der Waals surface area contributed by atoms with E-state index in [1.165, 1.54) is 6.92 Å². The van der Waals surface area contributed by atoms with Gasteiger partial charge in [-0.1, -0.05) is 26.4 Å². The largest absolute Gasteiger partial charge is 0.545 e. The van der Waals surface area contributed by atoms with Crippen LogP contribution in [0.15, 0.2) is 22.6 Å². The fourth-order valence-electron chi connectivity index (χ4n) is 2.25. The number of halogens is 8. The van der Waals surface area contributed by atoms with Crippen molar-refractivity contribution in [2.24, 2.45) is 0 Å². The van der Waals surface area contributed by atoms with E-state index in [9.17, 15) is 42.5 Å². The molecule has 1 aliphatic rings. The number of alkyl halides is 3. The number of carbonyl (C=O) groups excluding carboxylic acids is 1. The molecule has 0 spiro atoms. The molecule has 0 aromatic heterocycles. The van der Waals surface area contributed by atoms with Crippen LogP contribution in [-0.4, -0.2) is 18.2 Å². The highest BCUT2D eigenvalue weighted by molar-refractivity contribution is 8.45. The van der Waals surface area contributed by atoms with Gasteiger partial charge in [-0.25, -0.2) is 0 Å². The first kappa shape index (κ1) is 19.3. The minimum absolute atomic E-state index is 0.00563. The van der Waals surface area contributed by atoms with Gasteiger partial charge in [-0.05, 0) is 30.2 Å². The van der Waals surface area contributed by atoms with Crippen LogP contribution < -0.4 is 9.84 Å². The van der Waals surface area contributed by atoms with Crippen molar-refractivity contribution in [1.29, 1.82) is 0 Å². The Morgan fingerprint density at radius 1 is 1.20 bits per heavy atom. The third-order valence-corrected chi connectivity index (χ3v) is 4.48. The molecule has 0 saturated carbocycles. The van der Waals surface area contributed by atoms with E-state index in [1.807, 2.05) is 0 Å². The molecule has 0 amide bonds. The molecule has 1 aromatic rings. The zero-order valence-corrected chi connectivity index (χ0v) is 13.0. The quantitative estimate of drug-likeness (QED) is 0.712. The normalized spacial score (nSPS) is 20.7. The number of aliphatic carboxylic acids is 1. The SMILES string of the molecule is CCc1cc(S(F)(F)(F)(F)F)cc2c1OC(C(F)(F)F)C(C(=O)[O-])=C2. The van der Waals surface area contributed by atoms with Gasteiger partial charge < -0.3 is 14.6 Å². The fourth-order valence-corrected chi connectivity index (χ4v) is 2.97. The van der Waals surface area contributed by atoms with E-state index in [1.54, 1.807) is 0 Å². The van der Waals surface area contributed by atoms with E-state index in [4.69, 9.17) is 0 Å². The summed E-state index contributed by atoms with van der Waals surface area (Å²) < 4.78 is 108. The summed E-state index contributed by atoms with van der Waals surface area (Å²) >= 11 is 0. The minimum Gasteiger partial charge on any atom is -0.545 e. The predicted molar refractivity (Wildman–Crippen MR) is 70.7 cm³/mol. The van der Waals surface area contributed by atoms with Gasteiger partial charge in [-0.3, -0.25) is 0 Å². The van der Waals surface area contributed by atoms with Crippen LogP contribution in [-0.2, 0) is 11.2 Å². The second-order valence-corrected chi connectivity index (χ2v) is 7.66. The van der Waals surface area contributed by atoms with Crippen LogP contribution in [0, 0.1) is 0 Å². The first-order chi connectivity index (χ1) is 10.9. The lowest BCUT2D eigenvalue weighted by molar-refractivity contribution is -0.302. The molecular formula is C13H9F8O3S-. The molecule has 1 unspecified atom stereocenters. The van der Waals surface area contributed by atoms with Crippen LogP contribution in [0.1, 0.15) is 18.1 Å². The van der Waals surface area contributed by atoms with Gasteiger partial charge in [0.05, 0.1) is 5.97 Å². The van der Waals surface area contributed by atoms with Gasteiger partial charge in [-0.15, -0.1) is 0 Å². The van der Waals surface area contributed by atoms with Crippen molar-refractivity contribution in [3.05, 3.63) is 28.8 Å². The van der Waals surface area contributed by atoms with Gasteiger partial charge in [0.25, 0.3) is 0 Å². The molecule has 2 rings (SSSR count). The number of hydrogen-bond donors (Lipinski definition) is 0. The summed E-state index contributed by atoms with van der Waals surface area (Å²) in [4.78, 5) is 8.51. The molecule has 0 saturated heterocycles. The minimum atomic E-state index is -10.1. The maximum Gasteiger partial charge on any atom is 0.429 e. The maximum atomic E-state index is 13.0.